The number of ether oxygens (including phenoxy) is 1. The van der Waals surface area contributed by atoms with Crippen molar-refractivity contribution in [3.8, 4) is 0 Å². The SMILES string of the molecule is CCOC(=O)CC(N)Cc1ccc(Cl)c(C)c1. The molecule has 1 aromatic carbocycles. The Labute approximate surface area is 107 Å². The van der Waals surface area contributed by atoms with Crippen molar-refractivity contribution in [2.75, 3.05) is 6.61 Å². The maximum absolute atomic E-state index is 11.2. The van der Waals surface area contributed by atoms with E-state index in [9.17, 15) is 4.79 Å². The number of carbonyl (C=O) groups is 1. The van der Waals surface area contributed by atoms with Gasteiger partial charge in [-0.3, -0.25) is 4.79 Å². The molecule has 0 heterocycles. The lowest BCUT2D eigenvalue weighted by Crippen LogP contribution is -2.27. The van der Waals surface area contributed by atoms with E-state index < -0.39 is 0 Å². The monoisotopic (exact) mass is 255 g/mol. The van der Waals surface area contributed by atoms with Crippen LogP contribution >= 0.6 is 11.6 Å². The Morgan fingerprint density at radius 2 is 2.24 bits per heavy atom. The van der Waals surface area contributed by atoms with Crippen molar-refractivity contribution >= 4 is 17.6 Å². The predicted octanol–water partition coefficient (Wildman–Crippen LogP) is 2.47. The van der Waals surface area contributed by atoms with Crippen molar-refractivity contribution < 1.29 is 9.53 Å². The standard InChI is InChI=1S/C13H18ClNO2/c1-3-17-13(16)8-11(15)7-10-4-5-12(14)9(2)6-10/h4-6,11H,3,7-8,15H2,1-2H3. The number of benzene rings is 1. The molecule has 1 rings (SSSR count). The van der Waals surface area contributed by atoms with Gasteiger partial charge in [0.25, 0.3) is 0 Å². The molecule has 1 aromatic rings. The van der Waals surface area contributed by atoms with Gasteiger partial charge in [-0.1, -0.05) is 23.7 Å². The van der Waals surface area contributed by atoms with Crippen LogP contribution in [0.25, 0.3) is 0 Å². The van der Waals surface area contributed by atoms with Gasteiger partial charge in [-0.25, -0.2) is 0 Å². The van der Waals surface area contributed by atoms with Crippen LogP contribution in [-0.2, 0) is 16.0 Å². The summed E-state index contributed by atoms with van der Waals surface area (Å²) < 4.78 is 4.85. The molecular weight excluding hydrogens is 238 g/mol. The Morgan fingerprint density at radius 1 is 1.53 bits per heavy atom. The molecule has 0 radical (unpaired) electrons. The van der Waals surface area contributed by atoms with Crippen molar-refractivity contribution in [2.45, 2.75) is 32.7 Å². The third-order valence-electron chi connectivity index (χ3n) is 2.45. The highest BCUT2D eigenvalue weighted by atomic mass is 35.5. The molecule has 17 heavy (non-hydrogen) atoms. The van der Waals surface area contributed by atoms with Crippen LogP contribution in [0.15, 0.2) is 18.2 Å². The molecule has 0 aliphatic rings. The van der Waals surface area contributed by atoms with Crippen molar-refractivity contribution in [1.82, 2.24) is 0 Å². The van der Waals surface area contributed by atoms with Crippen LogP contribution in [-0.4, -0.2) is 18.6 Å². The third-order valence-corrected chi connectivity index (χ3v) is 2.88. The van der Waals surface area contributed by atoms with Gasteiger partial charge >= 0.3 is 5.97 Å². The van der Waals surface area contributed by atoms with E-state index in [1.165, 1.54) is 0 Å². The van der Waals surface area contributed by atoms with Gasteiger partial charge in [0.2, 0.25) is 0 Å². The number of rotatable bonds is 5. The summed E-state index contributed by atoms with van der Waals surface area (Å²) in [5, 5.41) is 0.743. The second kappa shape index (κ2) is 6.62. The molecule has 0 spiro atoms. The van der Waals surface area contributed by atoms with Crippen LogP contribution in [0.4, 0.5) is 0 Å². The topological polar surface area (TPSA) is 52.3 Å². The number of esters is 1. The average Bonchev–Trinajstić information content (AvgIpc) is 2.23. The summed E-state index contributed by atoms with van der Waals surface area (Å²) in [4.78, 5) is 11.2. The zero-order valence-corrected chi connectivity index (χ0v) is 11.0. The number of nitrogens with two attached hydrogens (primary N) is 1. The molecule has 3 nitrogen and oxygen atoms in total. The Morgan fingerprint density at radius 3 is 2.82 bits per heavy atom. The Hall–Kier alpha value is -1.06. The lowest BCUT2D eigenvalue weighted by Gasteiger charge is -2.11. The minimum atomic E-state index is -0.245. The normalized spacial score (nSPS) is 12.2. The molecule has 4 heteroatoms. The van der Waals surface area contributed by atoms with E-state index in [4.69, 9.17) is 22.1 Å². The summed E-state index contributed by atoms with van der Waals surface area (Å²) in [7, 11) is 0. The van der Waals surface area contributed by atoms with Crippen LogP contribution < -0.4 is 5.73 Å². The minimum Gasteiger partial charge on any atom is -0.466 e. The smallest absolute Gasteiger partial charge is 0.307 e. The molecule has 94 valence electrons. The first-order valence-electron chi connectivity index (χ1n) is 5.69. The molecule has 0 aliphatic heterocycles. The Balaban J connectivity index is 2.53. The maximum atomic E-state index is 11.2. The van der Waals surface area contributed by atoms with E-state index in [1.807, 2.05) is 25.1 Å². The summed E-state index contributed by atoms with van der Waals surface area (Å²) in [6, 6.07) is 5.56. The largest absolute Gasteiger partial charge is 0.466 e. The highest BCUT2D eigenvalue weighted by molar-refractivity contribution is 6.31. The molecule has 0 aliphatic carbocycles. The Bertz CT molecular complexity index is 393. The minimum absolute atomic E-state index is 0.213. The summed E-state index contributed by atoms with van der Waals surface area (Å²) >= 11 is 5.94. The number of hydrogen-bond donors (Lipinski definition) is 1. The summed E-state index contributed by atoms with van der Waals surface area (Å²) in [6.45, 7) is 4.13. The molecular formula is C13H18ClNO2. The van der Waals surface area contributed by atoms with Gasteiger partial charge in [0.1, 0.15) is 0 Å². The first kappa shape index (κ1) is 14.0. The van der Waals surface area contributed by atoms with Gasteiger partial charge in [0, 0.05) is 11.1 Å². The number of aryl methyl sites for hydroxylation is 1. The van der Waals surface area contributed by atoms with Crippen LogP contribution in [0.3, 0.4) is 0 Å². The maximum Gasteiger partial charge on any atom is 0.307 e. The van der Waals surface area contributed by atoms with E-state index in [2.05, 4.69) is 0 Å². The van der Waals surface area contributed by atoms with E-state index in [0.717, 1.165) is 16.1 Å². The highest BCUT2D eigenvalue weighted by Gasteiger charge is 2.11. The van der Waals surface area contributed by atoms with E-state index >= 15 is 0 Å². The molecule has 1 unspecified atom stereocenters. The fourth-order valence-electron chi connectivity index (χ4n) is 1.64. The van der Waals surface area contributed by atoms with Gasteiger partial charge < -0.3 is 10.5 Å². The molecule has 1 atom stereocenters. The summed E-state index contributed by atoms with van der Waals surface area (Å²) in [5.41, 5.74) is 8.00. The predicted molar refractivity (Wildman–Crippen MR) is 69.1 cm³/mol. The van der Waals surface area contributed by atoms with Crippen molar-refractivity contribution in [3.05, 3.63) is 34.3 Å². The van der Waals surface area contributed by atoms with E-state index in [-0.39, 0.29) is 18.4 Å². The van der Waals surface area contributed by atoms with Crippen molar-refractivity contribution in [3.63, 3.8) is 0 Å². The van der Waals surface area contributed by atoms with Gasteiger partial charge in [-0.2, -0.15) is 0 Å². The van der Waals surface area contributed by atoms with Gasteiger partial charge in [0.15, 0.2) is 0 Å². The first-order chi connectivity index (χ1) is 8.02. The van der Waals surface area contributed by atoms with Crippen LogP contribution in [0, 0.1) is 6.92 Å². The summed E-state index contributed by atoms with van der Waals surface area (Å²) in [5.74, 6) is -0.245. The number of halogens is 1. The third kappa shape index (κ3) is 4.75. The van der Waals surface area contributed by atoms with Gasteiger partial charge in [-0.05, 0) is 37.5 Å². The molecule has 0 bridgehead atoms. The van der Waals surface area contributed by atoms with Crippen molar-refractivity contribution in [2.24, 2.45) is 5.73 Å². The molecule has 0 aromatic heterocycles. The van der Waals surface area contributed by atoms with Crippen molar-refractivity contribution in [1.29, 1.82) is 0 Å². The van der Waals surface area contributed by atoms with Gasteiger partial charge in [0.05, 0.1) is 13.0 Å². The second-order valence-corrected chi connectivity index (χ2v) is 4.46. The fourth-order valence-corrected chi connectivity index (χ4v) is 1.76. The summed E-state index contributed by atoms with van der Waals surface area (Å²) in [6.07, 6.45) is 0.895. The fraction of sp³-hybridized carbons (Fsp3) is 0.462. The number of carbonyl (C=O) groups excluding carboxylic acids is 1. The molecule has 0 fully saturated rings. The second-order valence-electron chi connectivity index (χ2n) is 4.06. The lowest BCUT2D eigenvalue weighted by atomic mass is 10.0. The molecule has 0 saturated heterocycles. The quantitative estimate of drug-likeness (QED) is 0.823. The van der Waals surface area contributed by atoms with E-state index in [0.29, 0.717) is 13.0 Å². The van der Waals surface area contributed by atoms with E-state index in [1.54, 1.807) is 6.92 Å². The zero-order chi connectivity index (χ0) is 12.8. The van der Waals surface area contributed by atoms with Gasteiger partial charge in [-0.15, -0.1) is 0 Å². The lowest BCUT2D eigenvalue weighted by molar-refractivity contribution is -0.143. The van der Waals surface area contributed by atoms with Crippen LogP contribution in [0.5, 0.6) is 0 Å². The first-order valence-corrected chi connectivity index (χ1v) is 6.07. The Kier molecular flexibility index (Phi) is 5.45. The van der Waals surface area contributed by atoms with Crippen LogP contribution in [0.2, 0.25) is 5.02 Å². The average molecular weight is 256 g/mol. The molecule has 0 amide bonds. The molecule has 2 N–H and O–H groups in total. The number of hydrogen-bond acceptors (Lipinski definition) is 3. The zero-order valence-electron chi connectivity index (χ0n) is 10.2. The van der Waals surface area contributed by atoms with Crippen LogP contribution in [0.1, 0.15) is 24.5 Å². The highest BCUT2D eigenvalue weighted by Crippen LogP contribution is 2.17. The molecule has 0 saturated carbocycles.